The van der Waals surface area contributed by atoms with Gasteiger partial charge in [0, 0.05) is 25.9 Å². The quantitative estimate of drug-likeness (QED) is 0.165. The van der Waals surface area contributed by atoms with Gasteiger partial charge in [-0.3, -0.25) is 9.59 Å². The van der Waals surface area contributed by atoms with E-state index in [2.05, 4.69) is 19.2 Å². The molecule has 0 bridgehead atoms. The van der Waals surface area contributed by atoms with Crippen LogP contribution in [0.1, 0.15) is 149 Å². The molecule has 1 rings (SSSR count). The van der Waals surface area contributed by atoms with Crippen molar-refractivity contribution >= 4 is 11.8 Å². The van der Waals surface area contributed by atoms with Crippen LogP contribution in [0.5, 0.6) is 0 Å². The molecule has 0 aliphatic carbocycles. The van der Waals surface area contributed by atoms with Crippen molar-refractivity contribution in [3.8, 4) is 0 Å². The molecule has 1 fully saturated rings. The predicted octanol–water partition coefficient (Wildman–Crippen LogP) is 6.91. The van der Waals surface area contributed by atoms with Gasteiger partial charge in [-0.15, -0.1) is 0 Å². The predicted molar refractivity (Wildman–Crippen MR) is 143 cm³/mol. The topological polar surface area (TPSA) is 69.6 Å². The lowest BCUT2D eigenvalue weighted by atomic mass is 10.1. The normalized spacial score (nSPS) is 17.9. The summed E-state index contributed by atoms with van der Waals surface area (Å²) in [5.74, 6) is -0.0634. The Morgan fingerprint density at radius 1 is 0.706 bits per heavy atom. The average Bonchev–Trinajstić information content (AvgIpc) is 3.23. The summed E-state index contributed by atoms with van der Waals surface area (Å²) in [5.41, 5.74) is 0. The Morgan fingerprint density at radius 3 is 1.65 bits per heavy atom. The van der Waals surface area contributed by atoms with Crippen LogP contribution in [0, 0.1) is 0 Å². The molecule has 200 valence electrons. The first-order valence-electron chi connectivity index (χ1n) is 14.8. The van der Waals surface area contributed by atoms with E-state index in [1.807, 2.05) is 0 Å². The maximum absolute atomic E-state index is 12.7. The van der Waals surface area contributed by atoms with Gasteiger partial charge in [0.15, 0.2) is 0 Å². The fourth-order valence-electron chi connectivity index (χ4n) is 5.01. The maximum atomic E-state index is 12.7. The molecule has 0 aromatic heterocycles. The Kier molecular flexibility index (Phi) is 19.3. The van der Waals surface area contributed by atoms with Gasteiger partial charge < -0.3 is 15.3 Å². The summed E-state index contributed by atoms with van der Waals surface area (Å²) in [4.78, 5) is 27.0. The number of nitrogens with zero attached hydrogens (tertiary/aromatic N) is 1. The fraction of sp³-hybridized carbons (Fsp3) is 0.931. The lowest BCUT2D eigenvalue weighted by Crippen LogP contribution is -2.46. The van der Waals surface area contributed by atoms with Crippen molar-refractivity contribution in [2.75, 3.05) is 13.1 Å². The van der Waals surface area contributed by atoms with Crippen LogP contribution in [0.25, 0.3) is 0 Å². The molecule has 2 amide bonds. The first kappa shape index (κ1) is 30.9. The highest BCUT2D eigenvalue weighted by Gasteiger charge is 2.38. The van der Waals surface area contributed by atoms with E-state index in [-0.39, 0.29) is 11.8 Å². The van der Waals surface area contributed by atoms with Gasteiger partial charge >= 0.3 is 0 Å². The third-order valence-electron chi connectivity index (χ3n) is 7.23. The third kappa shape index (κ3) is 15.0. The van der Waals surface area contributed by atoms with Crippen LogP contribution in [0.4, 0.5) is 0 Å². The highest BCUT2D eigenvalue weighted by Crippen LogP contribution is 2.21. The third-order valence-corrected chi connectivity index (χ3v) is 7.23. The van der Waals surface area contributed by atoms with Crippen molar-refractivity contribution in [3.63, 3.8) is 0 Å². The molecule has 0 aromatic carbocycles. The zero-order chi connectivity index (χ0) is 24.9. The lowest BCUT2D eigenvalue weighted by molar-refractivity contribution is -0.138. The zero-order valence-corrected chi connectivity index (χ0v) is 22.6. The maximum Gasteiger partial charge on any atom is 0.242 e. The van der Waals surface area contributed by atoms with Crippen LogP contribution in [0.2, 0.25) is 0 Å². The Hall–Kier alpha value is -1.10. The van der Waals surface area contributed by atoms with Gasteiger partial charge in [-0.25, -0.2) is 0 Å². The van der Waals surface area contributed by atoms with E-state index >= 15 is 0 Å². The van der Waals surface area contributed by atoms with Gasteiger partial charge in [0.1, 0.15) is 6.04 Å². The molecule has 0 spiro atoms. The standard InChI is InChI=1S/C29H56N2O3/c1-3-5-7-9-11-13-15-17-19-21-23-30-29(34)27-24-26(32)25-31(27)28(33)22-20-18-16-14-12-10-8-6-4-2/h26-27,32H,3-25H2,1-2H3,(H,30,34)/t26-,27+/m0/s1. The summed E-state index contributed by atoms with van der Waals surface area (Å²) < 4.78 is 0. The lowest BCUT2D eigenvalue weighted by Gasteiger charge is -2.23. The van der Waals surface area contributed by atoms with E-state index in [0.29, 0.717) is 25.9 Å². The van der Waals surface area contributed by atoms with Crippen LogP contribution in [0.15, 0.2) is 0 Å². The number of unbranched alkanes of at least 4 members (excludes halogenated alkanes) is 17. The molecule has 0 radical (unpaired) electrons. The van der Waals surface area contributed by atoms with Crippen molar-refractivity contribution in [1.82, 2.24) is 10.2 Å². The minimum absolute atomic E-state index is 0.0265. The van der Waals surface area contributed by atoms with E-state index in [1.165, 1.54) is 96.3 Å². The molecular formula is C29H56N2O3. The van der Waals surface area contributed by atoms with Gasteiger partial charge in [0.2, 0.25) is 11.8 Å². The van der Waals surface area contributed by atoms with Crippen LogP contribution in [-0.2, 0) is 9.59 Å². The van der Waals surface area contributed by atoms with Crippen molar-refractivity contribution in [2.24, 2.45) is 0 Å². The first-order chi connectivity index (χ1) is 16.6. The molecule has 5 heteroatoms. The summed E-state index contributed by atoms with van der Waals surface area (Å²) in [5, 5.41) is 13.1. The number of carbonyl (C=O) groups is 2. The molecule has 5 nitrogen and oxygen atoms in total. The summed E-state index contributed by atoms with van der Waals surface area (Å²) in [6, 6.07) is -0.496. The number of likely N-dealkylation sites (tertiary alicyclic amines) is 1. The van der Waals surface area contributed by atoms with Gasteiger partial charge in [-0.1, -0.05) is 123 Å². The molecule has 0 saturated carbocycles. The first-order valence-corrected chi connectivity index (χ1v) is 14.8. The Labute approximate surface area is 210 Å². The number of aliphatic hydroxyl groups is 1. The molecule has 2 N–H and O–H groups in total. The second-order valence-electron chi connectivity index (χ2n) is 10.5. The summed E-state index contributed by atoms with van der Waals surface area (Å²) in [6.07, 6.45) is 24.0. The number of rotatable bonds is 22. The molecule has 0 unspecified atom stereocenters. The van der Waals surface area contributed by atoms with Crippen LogP contribution < -0.4 is 5.32 Å². The second-order valence-corrected chi connectivity index (χ2v) is 10.5. The van der Waals surface area contributed by atoms with Gasteiger partial charge in [0.25, 0.3) is 0 Å². The number of hydrogen-bond donors (Lipinski definition) is 2. The molecule has 34 heavy (non-hydrogen) atoms. The smallest absolute Gasteiger partial charge is 0.242 e. The van der Waals surface area contributed by atoms with Crippen molar-refractivity contribution in [2.45, 2.75) is 161 Å². The largest absolute Gasteiger partial charge is 0.391 e. The number of hydrogen-bond acceptors (Lipinski definition) is 3. The van der Waals surface area contributed by atoms with Crippen molar-refractivity contribution in [3.05, 3.63) is 0 Å². The number of amides is 2. The van der Waals surface area contributed by atoms with E-state index in [9.17, 15) is 14.7 Å². The summed E-state index contributed by atoms with van der Waals surface area (Å²) in [7, 11) is 0. The molecule has 1 aliphatic heterocycles. The number of carbonyl (C=O) groups excluding carboxylic acids is 2. The van der Waals surface area contributed by atoms with E-state index in [1.54, 1.807) is 4.90 Å². The highest BCUT2D eigenvalue weighted by atomic mass is 16.3. The molecule has 2 atom stereocenters. The number of β-amino-alcohol motifs (C(OH)–C–C–N with tert-alkyl or cyclic N) is 1. The minimum Gasteiger partial charge on any atom is -0.391 e. The Balaban J connectivity index is 2.11. The Bertz CT molecular complexity index is 512. The SMILES string of the molecule is CCCCCCCCCCCCNC(=O)[C@H]1C[C@H](O)CN1C(=O)CCCCCCCCCCC. The van der Waals surface area contributed by atoms with Crippen molar-refractivity contribution < 1.29 is 14.7 Å². The van der Waals surface area contributed by atoms with E-state index < -0.39 is 12.1 Å². The number of aliphatic hydroxyl groups excluding tert-OH is 1. The minimum atomic E-state index is -0.583. The molecule has 1 aliphatic rings. The van der Waals surface area contributed by atoms with E-state index in [4.69, 9.17) is 0 Å². The summed E-state index contributed by atoms with van der Waals surface area (Å²) in [6.45, 7) is 5.46. The fourth-order valence-corrected chi connectivity index (χ4v) is 5.01. The van der Waals surface area contributed by atoms with E-state index in [0.717, 1.165) is 25.7 Å². The monoisotopic (exact) mass is 480 g/mol. The molecule has 1 heterocycles. The van der Waals surface area contributed by atoms with Crippen LogP contribution in [-0.4, -0.2) is 47.1 Å². The highest BCUT2D eigenvalue weighted by molar-refractivity contribution is 5.88. The second kappa shape index (κ2) is 21.2. The van der Waals surface area contributed by atoms with Gasteiger partial charge in [0.05, 0.1) is 6.10 Å². The van der Waals surface area contributed by atoms with Crippen molar-refractivity contribution in [1.29, 1.82) is 0 Å². The average molecular weight is 481 g/mol. The summed E-state index contributed by atoms with van der Waals surface area (Å²) >= 11 is 0. The molecule has 0 aromatic rings. The Morgan fingerprint density at radius 2 is 1.15 bits per heavy atom. The van der Waals surface area contributed by atoms with Crippen LogP contribution >= 0.6 is 0 Å². The zero-order valence-electron chi connectivity index (χ0n) is 22.6. The molecular weight excluding hydrogens is 424 g/mol. The van der Waals surface area contributed by atoms with Gasteiger partial charge in [-0.2, -0.15) is 0 Å². The molecule has 1 saturated heterocycles. The number of nitrogens with one attached hydrogen (secondary N) is 1. The van der Waals surface area contributed by atoms with Crippen LogP contribution in [0.3, 0.4) is 0 Å². The van der Waals surface area contributed by atoms with Gasteiger partial charge in [-0.05, 0) is 12.8 Å².